The summed E-state index contributed by atoms with van der Waals surface area (Å²) in [6.45, 7) is 1.38. The number of nitrogens with two attached hydrogens (primary N) is 1. The highest BCUT2D eigenvalue weighted by atomic mass is 19.4. The molecule has 0 aliphatic heterocycles. The Bertz CT molecular complexity index is 1620. The van der Waals surface area contributed by atoms with E-state index in [1.54, 1.807) is 23.5 Å². The Morgan fingerprint density at radius 2 is 1.97 bits per heavy atom. The fraction of sp³-hybridized carbons (Fsp3) is 0.167. The van der Waals surface area contributed by atoms with Crippen LogP contribution in [0.1, 0.15) is 40.3 Å². The third-order valence-electron chi connectivity index (χ3n) is 5.90. The molecule has 0 radical (unpaired) electrons. The second kappa shape index (κ2) is 9.08. The van der Waals surface area contributed by atoms with E-state index in [1.165, 1.54) is 41.7 Å². The van der Waals surface area contributed by atoms with Crippen molar-refractivity contribution in [3.05, 3.63) is 89.5 Å². The minimum atomic E-state index is -4.55. The van der Waals surface area contributed by atoms with Gasteiger partial charge in [-0.05, 0) is 49.4 Å². The molecule has 0 fully saturated rings. The summed E-state index contributed by atoms with van der Waals surface area (Å²) in [5, 5.41) is 7.77. The van der Waals surface area contributed by atoms with E-state index in [4.69, 9.17) is 5.73 Å². The average molecular weight is 510 g/mol. The third kappa shape index (κ3) is 4.50. The first-order valence-corrected chi connectivity index (χ1v) is 11.0. The number of rotatable bonds is 5. The molecule has 0 spiro atoms. The lowest BCUT2D eigenvalue weighted by molar-refractivity contribution is -0.137. The number of fused-ring (bicyclic) bond motifs is 3. The van der Waals surface area contributed by atoms with E-state index in [2.05, 4.69) is 25.1 Å². The number of carbonyl (C=O) groups excluding carboxylic acids is 1. The van der Waals surface area contributed by atoms with Crippen LogP contribution < -0.4 is 5.73 Å². The number of anilines is 1. The zero-order chi connectivity index (χ0) is 26.3. The summed E-state index contributed by atoms with van der Waals surface area (Å²) in [5.41, 5.74) is 6.70. The van der Waals surface area contributed by atoms with Gasteiger partial charge in [-0.15, -0.1) is 10.2 Å². The van der Waals surface area contributed by atoms with Gasteiger partial charge in [-0.1, -0.05) is 0 Å². The molecule has 2 N–H and O–H groups in total. The summed E-state index contributed by atoms with van der Waals surface area (Å²) in [6.07, 6.45) is -1.04. The normalized spacial score (nSPS) is 12.7. The highest BCUT2D eigenvalue weighted by Crippen LogP contribution is 2.30. The summed E-state index contributed by atoms with van der Waals surface area (Å²) in [4.78, 5) is 27.3. The maximum Gasteiger partial charge on any atom is 0.417 e. The lowest BCUT2D eigenvalue weighted by Crippen LogP contribution is -2.34. The summed E-state index contributed by atoms with van der Waals surface area (Å²) in [7, 11) is 0. The van der Waals surface area contributed by atoms with Crippen molar-refractivity contribution in [1.82, 2.24) is 34.4 Å². The van der Waals surface area contributed by atoms with Crippen LogP contribution in [0.2, 0.25) is 0 Å². The van der Waals surface area contributed by atoms with Crippen LogP contribution in [0.25, 0.3) is 16.7 Å². The Labute approximate surface area is 206 Å². The molecule has 37 heavy (non-hydrogen) atoms. The number of hydrogen-bond acceptors (Lipinski definition) is 7. The predicted octanol–water partition coefficient (Wildman–Crippen LogP) is 4.21. The molecule has 1 aromatic carbocycles. The average Bonchev–Trinajstić information content (AvgIpc) is 3.38. The van der Waals surface area contributed by atoms with Gasteiger partial charge in [0.05, 0.1) is 40.6 Å². The van der Waals surface area contributed by atoms with Crippen molar-refractivity contribution in [2.75, 3.05) is 5.73 Å². The minimum absolute atomic E-state index is 0.000749. The number of nitrogen functional groups attached to an aromatic ring is 1. The van der Waals surface area contributed by atoms with Crippen LogP contribution in [0.15, 0.2) is 61.2 Å². The molecule has 1 amide bonds. The van der Waals surface area contributed by atoms with Gasteiger partial charge >= 0.3 is 6.18 Å². The van der Waals surface area contributed by atoms with E-state index in [-0.39, 0.29) is 29.3 Å². The molecule has 9 nitrogen and oxygen atoms in total. The minimum Gasteiger partial charge on any atom is -0.381 e. The second-order valence-corrected chi connectivity index (χ2v) is 8.24. The third-order valence-corrected chi connectivity index (χ3v) is 5.90. The number of carbonyl (C=O) groups is 1. The van der Waals surface area contributed by atoms with Crippen LogP contribution in [0.4, 0.5) is 23.4 Å². The van der Waals surface area contributed by atoms with Gasteiger partial charge in [0.1, 0.15) is 12.1 Å². The van der Waals surface area contributed by atoms with Crippen LogP contribution in [0.3, 0.4) is 0 Å². The van der Waals surface area contributed by atoms with Gasteiger partial charge in [0.2, 0.25) is 5.65 Å². The van der Waals surface area contributed by atoms with E-state index in [1.807, 2.05) is 0 Å². The van der Waals surface area contributed by atoms with Crippen molar-refractivity contribution >= 4 is 28.4 Å². The first-order valence-electron chi connectivity index (χ1n) is 11.0. The maximum atomic E-state index is 14.6. The van der Waals surface area contributed by atoms with Gasteiger partial charge in [0, 0.05) is 18.0 Å². The quantitative estimate of drug-likeness (QED) is 0.352. The van der Waals surface area contributed by atoms with Gasteiger partial charge in [-0.25, -0.2) is 9.37 Å². The highest BCUT2D eigenvalue weighted by Gasteiger charge is 2.31. The number of pyridine rings is 2. The largest absolute Gasteiger partial charge is 0.417 e. The van der Waals surface area contributed by atoms with Crippen molar-refractivity contribution in [3.63, 3.8) is 0 Å². The van der Waals surface area contributed by atoms with Crippen molar-refractivity contribution in [1.29, 1.82) is 0 Å². The summed E-state index contributed by atoms with van der Waals surface area (Å²) in [6, 6.07) is 8.50. The molecule has 188 valence electrons. The Kier molecular flexibility index (Phi) is 5.90. The fourth-order valence-corrected chi connectivity index (χ4v) is 3.97. The van der Waals surface area contributed by atoms with Crippen molar-refractivity contribution in [2.45, 2.75) is 25.7 Å². The zero-order valence-corrected chi connectivity index (χ0v) is 19.2. The molecule has 5 rings (SSSR count). The molecule has 0 saturated heterocycles. The molecule has 0 aliphatic rings. The van der Waals surface area contributed by atoms with Crippen LogP contribution in [-0.2, 0) is 12.7 Å². The molecular weight excluding hydrogens is 492 g/mol. The molecule has 4 aromatic heterocycles. The van der Waals surface area contributed by atoms with Crippen LogP contribution >= 0.6 is 0 Å². The second-order valence-electron chi connectivity index (χ2n) is 8.24. The summed E-state index contributed by atoms with van der Waals surface area (Å²) < 4.78 is 55.1. The van der Waals surface area contributed by atoms with Gasteiger partial charge < -0.3 is 10.6 Å². The SMILES string of the molecule is C[C@H](c1ncccc1F)N(Cc1ccc(C(F)(F)F)cn1)C(=O)c1ccc2nc(N)c3nncn3c2c1. The lowest BCUT2D eigenvalue weighted by atomic mass is 10.1. The summed E-state index contributed by atoms with van der Waals surface area (Å²) in [5.74, 6) is -0.991. The zero-order valence-electron chi connectivity index (χ0n) is 19.2. The maximum absolute atomic E-state index is 14.6. The lowest BCUT2D eigenvalue weighted by Gasteiger charge is -2.29. The van der Waals surface area contributed by atoms with E-state index in [0.29, 0.717) is 22.9 Å². The summed E-state index contributed by atoms with van der Waals surface area (Å²) >= 11 is 0. The van der Waals surface area contributed by atoms with E-state index >= 15 is 0 Å². The molecule has 0 saturated carbocycles. The van der Waals surface area contributed by atoms with Gasteiger partial charge in [0.25, 0.3) is 5.91 Å². The number of hydrogen-bond donors (Lipinski definition) is 1. The standard InChI is InChI=1S/C24H18F4N8O/c1-13(20-17(25)3-2-8-30-20)35(11-16-6-5-15(10-31-16)24(26,27)28)23(37)14-4-7-18-19(9-14)36-12-32-34-22(36)21(29)33-18/h2-10,12-13H,11H2,1H3,(H2,29,33)/t13-/m1/s1. The van der Waals surface area contributed by atoms with Crippen molar-refractivity contribution in [3.8, 4) is 0 Å². The molecule has 5 aromatic rings. The van der Waals surface area contributed by atoms with Gasteiger partial charge in [-0.2, -0.15) is 13.2 Å². The van der Waals surface area contributed by atoms with Crippen LogP contribution in [-0.4, -0.2) is 40.4 Å². The highest BCUT2D eigenvalue weighted by molar-refractivity contribution is 5.98. The number of amides is 1. The first kappa shape index (κ1) is 24.0. The molecular formula is C24H18F4N8O. The molecule has 4 heterocycles. The molecule has 0 unspecified atom stereocenters. The van der Waals surface area contributed by atoms with Crippen molar-refractivity contribution < 1.29 is 22.4 Å². The van der Waals surface area contributed by atoms with E-state index < -0.39 is 29.5 Å². The fourth-order valence-electron chi connectivity index (χ4n) is 3.97. The number of nitrogens with zero attached hydrogens (tertiary/aromatic N) is 7. The number of aromatic nitrogens is 6. The van der Waals surface area contributed by atoms with Crippen LogP contribution in [0.5, 0.6) is 0 Å². The number of benzene rings is 1. The number of halogens is 4. The predicted molar refractivity (Wildman–Crippen MR) is 124 cm³/mol. The molecule has 0 bridgehead atoms. The van der Waals surface area contributed by atoms with E-state index in [9.17, 15) is 22.4 Å². The smallest absolute Gasteiger partial charge is 0.381 e. The first-order chi connectivity index (χ1) is 17.6. The number of alkyl halides is 3. The molecule has 1 atom stereocenters. The van der Waals surface area contributed by atoms with Gasteiger partial charge in [0.15, 0.2) is 5.82 Å². The Hall–Kier alpha value is -4.68. The topological polar surface area (TPSA) is 115 Å². The Morgan fingerprint density at radius 1 is 1.16 bits per heavy atom. The monoisotopic (exact) mass is 510 g/mol. The van der Waals surface area contributed by atoms with E-state index in [0.717, 1.165) is 6.07 Å². The molecule has 0 aliphatic carbocycles. The Morgan fingerprint density at radius 3 is 2.68 bits per heavy atom. The Balaban J connectivity index is 1.56. The van der Waals surface area contributed by atoms with Crippen LogP contribution in [0, 0.1) is 5.82 Å². The van der Waals surface area contributed by atoms with Gasteiger partial charge in [-0.3, -0.25) is 19.2 Å². The molecule has 13 heteroatoms. The van der Waals surface area contributed by atoms with Crippen molar-refractivity contribution in [2.24, 2.45) is 0 Å².